The highest BCUT2D eigenvalue weighted by Crippen LogP contribution is 2.36. The summed E-state index contributed by atoms with van der Waals surface area (Å²) in [6.07, 6.45) is 6.88. The number of carbonyl (C=O) groups is 2. The molecule has 204 valence electrons. The van der Waals surface area contributed by atoms with E-state index in [9.17, 15) is 9.59 Å². The van der Waals surface area contributed by atoms with Crippen LogP contribution in [0, 0.1) is 18.8 Å². The van der Waals surface area contributed by atoms with E-state index in [1.54, 1.807) is 30.3 Å². The van der Waals surface area contributed by atoms with Crippen molar-refractivity contribution in [3.05, 3.63) is 71.4 Å². The fourth-order valence-electron chi connectivity index (χ4n) is 5.14. The minimum absolute atomic E-state index is 0.0206. The second-order valence-electron chi connectivity index (χ2n) is 11.0. The number of benzene rings is 1. The zero-order valence-corrected chi connectivity index (χ0v) is 23.4. The molecule has 1 atom stereocenters. The number of nitrogens with one attached hydrogen (secondary N) is 1. The number of aryl methyl sites for hydroxylation is 1. The third-order valence-electron chi connectivity index (χ3n) is 7.27. The van der Waals surface area contributed by atoms with Gasteiger partial charge in [0.2, 0.25) is 0 Å². The number of pyridine rings is 1. The fraction of sp³-hybridized carbons (Fsp3) is 0.323. The quantitative estimate of drug-likeness (QED) is 0.358. The molecule has 1 saturated heterocycles. The number of imidazole rings is 1. The Balaban J connectivity index is 1.47. The minimum atomic E-state index is -0.242. The lowest BCUT2D eigenvalue weighted by molar-refractivity contribution is -0.126. The minimum Gasteiger partial charge on any atom is -0.382 e. The van der Waals surface area contributed by atoms with Gasteiger partial charge in [-0.1, -0.05) is 38.8 Å². The number of likely N-dealkylation sites (tertiary alicyclic amines) is 1. The van der Waals surface area contributed by atoms with Crippen LogP contribution in [0.15, 0.2) is 48.9 Å². The summed E-state index contributed by atoms with van der Waals surface area (Å²) in [5.41, 5.74) is 10.8. The smallest absolute Gasteiger partial charge is 0.299 e. The lowest BCUT2D eigenvalue weighted by atomic mass is 9.88. The van der Waals surface area contributed by atoms with E-state index >= 15 is 0 Å². The standard InChI is InChI=1S/C31H33N7O2/c1-6-8-25(39)37-15-7-9-23(37)29-36-26(27-28(32)33-14-16-38(27)29)20-10-12-22(19(2)17-20)30(40)35-24-13-11-21(18-34-24)31(3,4)5/h10-14,16-18,23H,7,9,15H2,1-5H3,(H2,32,33)(H,34,35,40)/t23-/m0/s1. The lowest BCUT2D eigenvalue weighted by Gasteiger charge is -2.21. The highest BCUT2D eigenvalue weighted by atomic mass is 16.2. The summed E-state index contributed by atoms with van der Waals surface area (Å²) < 4.78 is 1.91. The summed E-state index contributed by atoms with van der Waals surface area (Å²) in [4.78, 5) is 41.3. The number of carbonyl (C=O) groups excluding carboxylic acids is 2. The van der Waals surface area contributed by atoms with Crippen LogP contribution < -0.4 is 11.1 Å². The maximum atomic E-state index is 13.1. The van der Waals surface area contributed by atoms with E-state index in [0.717, 1.165) is 29.5 Å². The second-order valence-corrected chi connectivity index (χ2v) is 11.0. The van der Waals surface area contributed by atoms with Gasteiger partial charge in [0.15, 0.2) is 0 Å². The van der Waals surface area contributed by atoms with Crippen molar-refractivity contribution in [2.75, 3.05) is 17.6 Å². The van der Waals surface area contributed by atoms with Gasteiger partial charge >= 0.3 is 0 Å². The van der Waals surface area contributed by atoms with E-state index in [0.29, 0.717) is 40.8 Å². The molecule has 4 heterocycles. The summed E-state index contributed by atoms with van der Waals surface area (Å²) in [6.45, 7) is 10.5. The molecule has 0 radical (unpaired) electrons. The Hall–Kier alpha value is -4.71. The fourth-order valence-corrected chi connectivity index (χ4v) is 5.14. The van der Waals surface area contributed by atoms with Crippen molar-refractivity contribution in [2.24, 2.45) is 0 Å². The Kier molecular flexibility index (Phi) is 7.03. The SMILES string of the molecule is CC#CC(=O)N1CCC[C@H]1c1nc(-c2ccc(C(=O)Nc3ccc(C(C)(C)C)cn3)c(C)c2)c2c(N)nccn12. The third-order valence-corrected chi connectivity index (χ3v) is 7.27. The van der Waals surface area contributed by atoms with Crippen molar-refractivity contribution >= 4 is 29.0 Å². The topological polar surface area (TPSA) is 119 Å². The van der Waals surface area contributed by atoms with Crippen LogP contribution in [0.3, 0.4) is 0 Å². The van der Waals surface area contributed by atoms with Crippen LogP contribution in [0.1, 0.15) is 73.9 Å². The van der Waals surface area contributed by atoms with E-state index in [4.69, 9.17) is 10.7 Å². The van der Waals surface area contributed by atoms with Gasteiger partial charge in [-0.3, -0.25) is 14.0 Å². The molecule has 9 heteroatoms. The first kappa shape index (κ1) is 26.9. The Labute approximate surface area is 233 Å². The zero-order valence-electron chi connectivity index (χ0n) is 23.4. The number of hydrogen-bond acceptors (Lipinski definition) is 6. The first-order valence-electron chi connectivity index (χ1n) is 13.3. The molecule has 0 aliphatic carbocycles. The molecule has 1 aliphatic heterocycles. The van der Waals surface area contributed by atoms with Gasteiger partial charge in [-0.25, -0.2) is 15.0 Å². The van der Waals surface area contributed by atoms with Crippen LogP contribution in [0.4, 0.5) is 11.6 Å². The van der Waals surface area contributed by atoms with Crippen LogP contribution in [-0.4, -0.2) is 42.6 Å². The summed E-state index contributed by atoms with van der Waals surface area (Å²) in [5, 5.41) is 2.89. The average molecular weight is 536 g/mol. The van der Waals surface area contributed by atoms with Crippen molar-refractivity contribution in [1.82, 2.24) is 24.3 Å². The Morgan fingerprint density at radius 2 is 1.95 bits per heavy atom. The van der Waals surface area contributed by atoms with Crippen LogP contribution in [-0.2, 0) is 10.2 Å². The molecule has 3 N–H and O–H groups in total. The highest BCUT2D eigenvalue weighted by Gasteiger charge is 2.33. The predicted octanol–water partition coefficient (Wildman–Crippen LogP) is 4.92. The zero-order chi connectivity index (χ0) is 28.6. The molecule has 40 heavy (non-hydrogen) atoms. The van der Waals surface area contributed by atoms with Gasteiger partial charge in [-0.15, -0.1) is 0 Å². The van der Waals surface area contributed by atoms with E-state index in [2.05, 4.69) is 47.9 Å². The summed E-state index contributed by atoms with van der Waals surface area (Å²) in [6, 6.07) is 9.13. The Bertz CT molecular complexity index is 1670. The van der Waals surface area contributed by atoms with Gasteiger partial charge < -0.3 is 16.0 Å². The highest BCUT2D eigenvalue weighted by molar-refractivity contribution is 6.05. The number of fused-ring (bicyclic) bond motifs is 1. The van der Waals surface area contributed by atoms with E-state index in [1.165, 1.54) is 0 Å². The molecule has 0 saturated carbocycles. The second kappa shape index (κ2) is 10.5. The lowest BCUT2D eigenvalue weighted by Crippen LogP contribution is -2.30. The van der Waals surface area contributed by atoms with Crippen LogP contribution in [0.2, 0.25) is 0 Å². The molecule has 0 bridgehead atoms. The number of anilines is 2. The van der Waals surface area contributed by atoms with Gasteiger partial charge in [0.1, 0.15) is 28.7 Å². The van der Waals surface area contributed by atoms with Crippen molar-refractivity contribution in [2.45, 2.75) is 58.9 Å². The normalized spacial score (nSPS) is 15.1. The van der Waals surface area contributed by atoms with Crippen LogP contribution in [0.25, 0.3) is 16.8 Å². The molecule has 0 spiro atoms. The molecule has 1 fully saturated rings. The van der Waals surface area contributed by atoms with Crippen molar-refractivity contribution < 1.29 is 9.59 Å². The monoisotopic (exact) mass is 535 g/mol. The maximum absolute atomic E-state index is 13.1. The number of nitrogens with zero attached hydrogens (tertiary/aromatic N) is 5. The Morgan fingerprint density at radius 1 is 1.15 bits per heavy atom. The van der Waals surface area contributed by atoms with E-state index in [1.807, 2.05) is 41.8 Å². The summed E-state index contributed by atoms with van der Waals surface area (Å²) >= 11 is 0. The molecule has 0 unspecified atom stereocenters. The molecule has 3 aromatic heterocycles. The van der Waals surface area contributed by atoms with Gasteiger partial charge in [0.05, 0.1) is 6.04 Å². The average Bonchev–Trinajstić information content (AvgIpc) is 3.54. The first-order chi connectivity index (χ1) is 19.1. The molecule has 1 aromatic carbocycles. The molecule has 9 nitrogen and oxygen atoms in total. The van der Waals surface area contributed by atoms with Crippen molar-refractivity contribution in [1.29, 1.82) is 0 Å². The number of nitrogen functional groups attached to an aromatic ring is 1. The molecule has 4 aromatic rings. The summed E-state index contributed by atoms with van der Waals surface area (Å²) in [7, 11) is 0. The van der Waals surface area contributed by atoms with Crippen molar-refractivity contribution in [3.8, 4) is 23.1 Å². The van der Waals surface area contributed by atoms with Gasteiger partial charge in [0, 0.05) is 36.3 Å². The molecule has 1 aliphatic rings. The van der Waals surface area contributed by atoms with E-state index in [-0.39, 0.29) is 23.3 Å². The number of amides is 2. The molecular formula is C31H33N7O2. The first-order valence-corrected chi connectivity index (χ1v) is 13.3. The predicted molar refractivity (Wildman–Crippen MR) is 156 cm³/mol. The number of hydrogen-bond donors (Lipinski definition) is 2. The van der Waals surface area contributed by atoms with E-state index < -0.39 is 0 Å². The van der Waals surface area contributed by atoms with Gasteiger partial charge in [0.25, 0.3) is 11.8 Å². The molecular weight excluding hydrogens is 502 g/mol. The Morgan fingerprint density at radius 3 is 2.62 bits per heavy atom. The molecule has 5 rings (SSSR count). The third kappa shape index (κ3) is 5.00. The maximum Gasteiger partial charge on any atom is 0.299 e. The number of aromatic nitrogens is 4. The van der Waals surface area contributed by atoms with Crippen LogP contribution in [0.5, 0.6) is 0 Å². The van der Waals surface area contributed by atoms with Gasteiger partial charge in [-0.2, -0.15) is 0 Å². The van der Waals surface area contributed by atoms with Gasteiger partial charge in [-0.05, 0) is 67.4 Å². The van der Waals surface area contributed by atoms with Crippen LogP contribution >= 0.6 is 0 Å². The number of rotatable bonds is 4. The summed E-state index contributed by atoms with van der Waals surface area (Å²) in [5.74, 6) is 6.45. The number of nitrogens with two attached hydrogens (primary N) is 1. The molecule has 2 amide bonds. The van der Waals surface area contributed by atoms with Crippen molar-refractivity contribution in [3.63, 3.8) is 0 Å². The largest absolute Gasteiger partial charge is 0.382 e.